The summed E-state index contributed by atoms with van der Waals surface area (Å²) in [5.41, 5.74) is 0.875. The van der Waals surface area contributed by atoms with Gasteiger partial charge in [0, 0.05) is 7.11 Å². The molecule has 4 nitrogen and oxygen atoms in total. The molecule has 15 heavy (non-hydrogen) atoms. The van der Waals surface area contributed by atoms with Gasteiger partial charge in [0.1, 0.15) is 11.4 Å². The lowest BCUT2D eigenvalue weighted by Crippen LogP contribution is -2.06. The molecule has 0 saturated carbocycles. The molecule has 0 aliphatic rings. The second kappa shape index (κ2) is 7.76. The van der Waals surface area contributed by atoms with Crippen LogP contribution in [0.3, 0.4) is 0 Å². The van der Waals surface area contributed by atoms with Crippen LogP contribution in [0.4, 0.5) is 0 Å². The fourth-order valence-corrected chi connectivity index (χ4v) is 1.32. The van der Waals surface area contributed by atoms with Gasteiger partial charge in [-0.15, -0.1) is 0 Å². The topological polar surface area (TPSA) is 40.6 Å². The quantitative estimate of drug-likeness (QED) is 0.434. The van der Waals surface area contributed by atoms with Crippen molar-refractivity contribution >= 4 is 15.9 Å². The fraction of sp³-hybridized carbons (Fsp3) is 0.500. The van der Waals surface area contributed by atoms with E-state index in [2.05, 4.69) is 20.9 Å². The molecule has 1 aromatic rings. The van der Waals surface area contributed by atoms with E-state index in [0.29, 0.717) is 19.8 Å². The summed E-state index contributed by atoms with van der Waals surface area (Å²) in [6, 6.07) is 5.69. The van der Waals surface area contributed by atoms with Crippen molar-refractivity contribution in [2.45, 2.75) is 6.61 Å². The average molecular weight is 276 g/mol. The van der Waals surface area contributed by atoms with Crippen molar-refractivity contribution in [1.29, 1.82) is 0 Å². The van der Waals surface area contributed by atoms with Crippen LogP contribution in [-0.4, -0.2) is 32.1 Å². The molecule has 0 atom stereocenters. The average Bonchev–Trinajstić information content (AvgIpc) is 2.23. The van der Waals surface area contributed by atoms with Gasteiger partial charge in [-0.05, 0) is 28.1 Å². The van der Waals surface area contributed by atoms with Crippen LogP contribution in [0, 0.1) is 0 Å². The van der Waals surface area contributed by atoms with Crippen LogP contribution < -0.4 is 0 Å². The number of ether oxygens (including phenoxy) is 3. The maximum Gasteiger partial charge on any atom is 0.147 e. The number of aromatic nitrogens is 1. The van der Waals surface area contributed by atoms with Crippen LogP contribution in [0.15, 0.2) is 22.8 Å². The lowest BCUT2D eigenvalue weighted by Gasteiger charge is -2.05. The van der Waals surface area contributed by atoms with Gasteiger partial charge in [0.15, 0.2) is 0 Å². The minimum Gasteiger partial charge on any atom is -0.382 e. The van der Waals surface area contributed by atoms with Gasteiger partial charge in [0.2, 0.25) is 0 Å². The van der Waals surface area contributed by atoms with Crippen molar-refractivity contribution in [2.75, 3.05) is 27.1 Å². The van der Waals surface area contributed by atoms with Crippen molar-refractivity contribution in [2.24, 2.45) is 0 Å². The summed E-state index contributed by atoms with van der Waals surface area (Å²) in [6.45, 7) is 1.84. The zero-order valence-electron chi connectivity index (χ0n) is 8.61. The number of halogens is 1. The lowest BCUT2D eigenvalue weighted by atomic mass is 10.4. The minimum absolute atomic E-state index is 0.261. The largest absolute Gasteiger partial charge is 0.382 e. The molecule has 0 unspecified atom stereocenters. The molecule has 1 heterocycles. The zero-order chi connectivity index (χ0) is 10.9. The van der Waals surface area contributed by atoms with Crippen molar-refractivity contribution in [1.82, 2.24) is 4.98 Å². The highest BCUT2D eigenvalue weighted by atomic mass is 79.9. The summed E-state index contributed by atoms with van der Waals surface area (Å²) in [4.78, 5) is 4.22. The first-order valence-electron chi connectivity index (χ1n) is 4.59. The van der Waals surface area contributed by atoms with Gasteiger partial charge >= 0.3 is 0 Å². The maximum atomic E-state index is 5.26. The molecule has 0 radical (unpaired) electrons. The third-order valence-corrected chi connectivity index (χ3v) is 2.06. The number of pyridine rings is 1. The van der Waals surface area contributed by atoms with Gasteiger partial charge in [0.05, 0.1) is 25.5 Å². The number of hydrogen-bond donors (Lipinski definition) is 0. The summed E-state index contributed by atoms with van der Waals surface area (Å²) in [7, 11) is 1.63. The van der Waals surface area contributed by atoms with E-state index in [1.165, 1.54) is 0 Å². The normalized spacial score (nSPS) is 10.5. The van der Waals surface area contributed by atoms with E-state index < -0.39 is 0 Å². The first-order chi connectivity index (χ1) is 7.33. The Morgan fingerprint density at radius 1 is 1.27 bits per heavy atom. The van der Waals surface area contributed by atoms with Gasteiger partial charge < -0.3 is 14.2 Å². The standard InChI is InChI=1S/C10H14BrNO3/c1-13-5-6-14-8-15-7-9-3-2-4-10(11)12-9/h2-4H,5-8H2,1H3. The van der Waals surface area contributed by atoms with E-state index in [0.717, 1.165) is 10.3 Å². The van der Waals surface area contributed by atoms with Gasteiger partial charge in [-0.1, -0.05) is 6.07 Å². The molecule has 0 saturated heterocycles. The lowest BCUT2D eigenvalue weighted by molar-refractivity contribution is -0.0732. The van der Waals surface area contributed by atoms with Crippen LogP contribution in [0.25, 0.3) is 0 Å². The Hall–Kier alpha value is -0.490. The Balaban J connectivity index is 2.10. The molecule has 0 aliphatic heterocycles. The molecule has 5 heteroatoms. The predicted octanol–water partition coefficient (Wildman–Crippen LogP) is 1.98. The van der Waals surface area contributed by atoms with Gasteiger partial charge in [0.25, 0.3) is 0 Å². The van der Waals surface area contributed by atoms with Gasteiger partial charge in [-0.3, -0.25) is 0 Å². The molecule has 0 spiro atoms. The molecule has 1 rings (SSSR count). The Labute approximate surface area is 97.7 Å². The molecule has 0 aromatic carbocycles. The summed E-state index contributed by atoms with van der Waals surface area (Å²) in [5.74, 6) is 0. The molecule has 0 amide bonds. The third kappa shape index (κ3) is 5.84. The van der Waals surface area contributed by atoms with E-state index in [4.69, 9.17) is 14.2 Å². The third-order valence-electron chi connectivity index (χ3n) is 1.62. The van der Waals surface area contributed by atoms with Crippen LogP contribution in [0.5, 0.6) is 0 Å². The Kier molecular flexibility index (Phi) is 6.50. The van der Waals surface area contributed by atoms with Crippen molar-refractivity contribution in [3.05, 3.63) is 28.5 Å². The second-order valence-electron chi connectivity index (χ2n) is 2.82. The number of methoxy groups -OCH3 is 1. The number of nitrogens with zero attached hydrogens (tertiary/aromatic N) is 1. The summed E-state index contributed by atoms with van der Waals surface area (Å²) < 4.78 is 16.0. The molecule has 0 fully saturated rings. The summed E-state index contributed by atoms with van der Waals surface area (Å²) in [5, 5.41) is 0. The molecule has 0 N–H and O–H groups in total. The predicted molar refractivity (Wildman–Crippen MR) is 59.4 cm³/mol. The van der Waals surface area contributed by atoms with Crippen LogP contribution >= 0.6 is 15.9 Å². The molecular weight excluding hydrogens is 262 g/mol. The van der Waals surface area contributed by atoms with E-state index in [9.17, 15) is 0 Å². The van der Waals surface area contributed by atoms with Crippen molar-refractivity contribution < 1.29 is 14.2 Å². The highest BCUT2D eigenvalue weighted by Gasteiger charge is 1.95. The SMILES string of the molecule is COCCOCOCc1cccc(Br)n1. The summed E-state index contributed by atoms with van der Waals surface area (Å²) in [6.07, 6.45) is 0. The molecular formula is C10H14BrNO3. The zero-order valence-corrected chi connectivity index (χ0v) is 10.2. The highest BCUT2D eigenvalue weighted by molar-refractivity contribution is 9.10. The van der Waals surface area contributed by atoms with E-state index in [1.807, 2.05) is 18.2 Å². The molecule has 0 aliphatic carbocycles. The molecule has 0 bridgehead atoms. The first kappa shape index (κ1) is 12.6. The van der Waals surface area contributed by atoms with Crippen LogP contribution in [0.1, 0.15) is 5.69 Å². The molecule has 1 aromatic heterocycles. The van der Waals surface area contributed by atoms with Crippen molar-refractivity contribution in [3.8, 4) is 0 Å². The van der Waals surface area contributed by atoms with E-state index in [-0.39, 0.29) is 6.79 Å². The Morgan fingerprint density at radius 3 is 2.87 bits per heavy atom. The second-order valence-corrected chi connectivity index (χ2v) is 3.63. The smallest absolute Gasteiger partial charge is 0.147 e. The van der Waals surface area contributed by atoms with E-state index >= 15 is 0 Å². The number of rotatable bonds is 7. The fourth-order valence-electron chi connectivity index (χ4n) is 0.937. The first-order valence-corrected chi connectivity index (χ1v) is 5.38. The minimum atomic E-state index is 0.261. The van der Waals surface area contributed by atoms with Gasteiger partial charge in [-0.25, -0.2) is 4.98 Å². The highest BCUT2D eigenvalue weighted by Crippen LogP contribution is 2.06. The van der Waals surface area contributed by atoms with Crippen LogP contribution in [0.2, 0.25) is 0 Å². The summed E-state index contributed by atoms with van der Waals surface area (Å²) >= 11 is 3.29. The Morgan fingerprint density at radius 2 is 2.13 bits per heavy atom. The van der Waals surface area contributed by atoms with Crippen LogP contribution in [-0.2, 0) is 20.8 Å². The van der Waals surface area contributed by atoms with Gasteiger partial charge in [-0.2, -0.15) is 0 Å². The Bertz CT molecular complexity index is 283. The maximum absolute atomic E-state index is 5.26. The monoisotopic (exact) mass is 275 g/mol. The molecule has 84 valence electrons. The van der Waals surface area contributed by atoms with Crippen molar-refractivity contribution in [3.63, 3.8) is 0 Å². The van der Waals surface area contributed by atoms with E-state index in [1.54, 1.807) is 7.11 Å². The number of hydrogen-bond acceptors (Lipinski definition) is 4.